The molecule has 5 nitrogen and oxygen atoms in total. The molecule has 5 heteroatoms. The van der Waals surface area contributed by atoms with Gasteiger partial charge in [-0.25, -0.2) is 4.98 Å². The molecule has 1 N–H and O–H groups in total. The fourth-order valence-corrected chi connectivity index (χ4v) is 3.56. The zero-order valence-electron chi connectivity index (χ0n) is 15.8. The second-order valence-electron chi connectivity index (χ2n) is 6.93. The summed E-state index contributed by atoms with van der Waals surface area (Å²) in [4.78, 5) is 16.9. The van der Waals surface area contributed by atoms with Crippen molar-refractivity contribution in [2.75, 3.05) is 6.54 Å². The molecule has 1 atom stereocenters. The first-order chi connectivity index (χ1) is 13.7. The van der Waals surface area contributed by atoms with E-state index in [9.17, 15) is 4.79 Å². The van der Waals surface area contributed by atoms with E-state index in [0.717, 1.165) is 29.1 Å². The van der Waals surface area contributed by atoms with E-state index in [1.807, 2.05) is 60.0 Å². The molecular weight excluding hydrogens is 350 g/mol. The molecule has 4 aromatic rings. The van der Waals surface area contributed by atoms with Gasteiger partial charge in [0.25, 0.3) is 0 Å². The summed E-state index contributed by atoms with van der Waals surface area (Å²) in [6, 6.07) is 18.1. The van der Waals surface area contributed by atoms with E-state index in [4.69, 9.17) is 4.42 Å². The van der Waals surface area contributed by atoms with Gasteiger partial charge in [0.2, 0.25) is 5.91 Å². The molecule has 3 heterocycles. The summed E-state index contributed by atoms with van der Waals surface area (Å²) in [5, 5.41) is 3.04. The van der Waals surface area contributed by atoms with Crippen molar-refractivity contribution < 1.29 is 9.21 Å². The number of fused-ring (bicyclic) bond motifs is 1. The first-order valence-electron chi connectivity index (χ1n) is 9.49. The Bertz CT molecular complexity index is 1050. The maximum absolute atomic E-state index is 12.5. The number of nitrogens with one attached hydrogen (secondary N) is 1. The number of furan rings is 1. The van der Waals surface area contributed by atoms with Crippen LogP contribution in [-0.4, -0.2) is 21.8 Å². The standard InChI is InChI=1S/C23H23N3O2/c1-17-7-5-13-26-19(16-25-23(17)26)15-22(27)24-12-11-20(21-10-6-14-28-21)18-8-3-2-4-9-18/h2-10,13-14,16,20H,11-12,15H2,1H3,(H,24,27)/t20-/m1/s1. The van der Waals surface area contributed by atoms with Gasteiger partial charge in [0.15, 0.2) is 0 Å². The van der Waals surface area contributed by atoms with Crippen LogP contribution >= 0.6 is 0 Å². The number of aryl methyl sites for hydroxylation is 1. The Morgan fingerprint density at radius 3 is 2.79 bits per heavy atom. The van der Waals surface area contributed by atoms with E-state index in [1.54, 1.807) is 12.5 Å². The predicted octanol–water partition coefficient (Wildman–Crippen LogP) is 4.12. The van der Waals surface area contributed by atoms with Gasteiger partial charge < -0.3 is 14.1 Å². The van der Waals surface area contributed by atoms with Crippen molar-refractivity contribution in [1.29, 1.82) is 0 Å². The average Bonchev–Trinajstić information content (AvgIpc) is 3.37. The molecule has 0 fully saturated rings. The number of hydrogen-bond acceptors (Lipinski definition) is 3. The summed E-state index contributed by atoms with van der Waals surface area (Å²) in [7, 11) is 0. The van der Waals surface area contributed by atoms with Crippen LogP contribution in [-0.2, 0) is 11.2 Å². The molecule has 1 amide bonds. The number of carbonyl (C=O) groups excluding carboxylic acids is 1. The minimum absolute atomic E-state index is 0.00503. The summed E-state index contributed by atoms with van der Waals surface area (Å²) in [6.07, 6.45) is 6.49. The van der Waals surface area contributed by atoms with Gasteiger partial charge in [0.1, 0.15) is 11.4 Å². The fourth-order valence-electron chi connectivity index (χ4n) is 3.56. The van der Waals surface area contributed by atoms with E-state index in [1.165, 1.54) is 5.56 Å². The highest BCUT2D eigenvalue weighted by molar-refractivity contribution is 5.78. The SMILES string of the molecule is Cc1cccn2c(CC(=O)NCC[C@H](c3ccccc3)c3ccco3)cnc12. The predicted molar refractivity (Wildman–Crippen MR) is 108 cm³/mol. The quantitative estimate of drug-likeness (QED) is 0.530. The van der Waals surface area contributed by atoms with Gasteiger partial charge in [-0.2, -0.15) is 0 Å². The van der Waals surface area contributed by atoms with Crippen molar-refractivity contribution in [2.24, 2.45) is 0 Å². The molecule has 0 spiro atoms. The van der Waals surface area contributed by atoms with Crippen LogP contribution in [0.15, 0.2) is 77.7 Å². The number of nitrogens with zero attached hydrogens (tertiary/aromatic N) is 2. The van der Waals surface area contributed by atoms with Crippen molar-refractivity contribution in [3.05, 3.63) is 95.8 Å². The van der Waals surface area contributed by atoms with Gasteiger partial charge in [-0.1, -0.05) is 36.4 Å². The lowest BCUT2D eigenvalue weighted by molar-refractivity contribution is -0.120. The normalized spacial score (nSPS) is 12.2. The highest BCUT2D eigenvalue weighted by atomic mass is 16.3. The summed E-state index contributed by atoms with van der Waals surface area (Å²) in [5.74, 6) is 1.03. The van der Waals surface area contributed by atoms with Crippen molar-refractivity contribution >= 4 is 11.6 Å². The fraction of sp³-hybridized carbons (Fsp3) is 0.217. The summed E-state index contributed by atoms with van der Waals surface area (Å²) in [5.41, 5.74) is 4.07. The van der Waals surface area contributed by atoms with Gasteiger partial charge >= 0.3 is 0 Å². The number of imidazole rings is 1. The van der Waals surface area contributed by atoms with Crippen molar-refractivity contribution in [3.8, 4) is 0 Å². The highest BCUT2D eigenvalue weighted by Gasteiger charge is 2.17. The summed E-state index contributed by atoms with van der Waals surface area (Å²) in [6.45, 7) is 2.60. The molecule has 1 aromatic carbocycles. The Balaban J connectivity index is 1.39. The largest absolute Gasteiger partial charge is 0.469 e. The number of rotatable bonds is 7. The van der Waals surface area contributed by atoms with E-state index in [2.05, 4.69) is 22.4 Å². The van der Waals surface area contributed by atoms with Crippen molar-refractivity contribution in [3.63, 3.8) is 0 Å². The van der Waals surface area contributed by atoms with Gasteiger partial charge in [0.05, 0.1) is 18.4 Å². The highest BCUT2D eigenvalue weighted by Crippen LogP contribution is 2.27. The molecule has 0 radical (unpaired) electrons. The lowest BCUT2D eigenvalue weighted by Gasteiger charge is -2.15. The van der Waals surface area contributed by atoms with E-state index >= 15 is 0 Å². The minimum Gasteiger partial charge on any atom is -0.469 e. The Morgan fingerprint density at radius 1 is 1.14 bits per heavy atom. The van der Waals surface area contributed by atoms with Gasteiger partial charge in [-0.15, -0.1) is 0 Å². The zero-order valence-corrected chi connectivity index (χ0v) is 15.8. The van der Waals surface area contributed by atoms with Crippen LogP contribution in [0.3, 0.4) is 0 Å². The molecule has 0 bridgehead atoms. The molecule has 3 aromatic heterocycles. The third-order valence-electron chi connectivity index (χ3n) is 4.99. The monoisotopic (exact) mass is 373 g/mol. The third-order valence-corrected chi connectivity index (χ3v) is 4.99. The number of amides is 1. The number of hydrogen-bond donors (Lipinski definition) is 1. The molecule has 0 aliphatic rings. The smallest absolute Gasteiger partial charge is 0.226 e. The molecule has 0 saturated carbocycles. The Labute approximate surface area is 164 Å². The van der Waals surface area contributed by atoms with Gasteiger partial charge in [-0.3, -0.25) is 4.79 Å². The van der Waals surface area contributed by atoms with Gasteiger partial charge in [-0.05, 0) is 42.7 Å². The molecule has 0 unspecified atom stereocenters. The van der Waals surface area contributed by atoms with E-state index < -0.39 is 0 Å². The molecule has 4 rings (SSSR count). The van der Waals surface area contributed by atoms with Crippen LogP contribution in [0, 0.1) is 6.92 Å². The summed E-state index contributed by atoms with van der Waals surface area (Å²) >= 11 is 0. The average molecular weight is 373 g/mol. The summed E-state index contributed by atoms with van der Waals surface area (Å²) < 4.78 is 7.60. The first kappa shape index (κ1) is 18.0. The van der Waals surface area contributed by atoms with E-state index in [0.29, 0.717) is 13.0 Å². The first-order valence-corrected chi connectivity index (χ1v) is 9.49. The Morgan fingerprint density at radius 2 is 2.00 bits per heavy atom. The topological polar surface area (TPSA) is 59.5 Å². The molecule has 142 valence electrons. The van der Waals surface area contributed by atoms with Crippen molar-refractivity contribution in [1.82, 2.24) is 14.7 Å². The van der Waals surface area contributed by atoms with Crippen LogP contribution in [0.4, 0.5) is 0 Å². The molecule has 0 aliphatic carbocycles. The Kier molecular flexibility index (Phi) is 5.24. The van der Waals surface area contributed by atoms with Gasteiger partial charge in [0, 0.05) is 24.9 Å². The van der Waals surface area contributed by atoms with Crippen LogP contribution in [0.25, 0.3) is 5.65 Å². The number of aromatic nitrogens is 2. The van der Waals surface area contributed by atoms with Crippen molar-refractivity contribution in [2.45, 2.75) is 25.7 Å². The maximum atomic E-state index is 12.5. The zero-order chi connectivity index (χ0) is 19.3. The molecular formula is C23H23N3O2. The maximum Gasteiger partial charge on any atom is 0.226 e. The molecule has 0 saturated heterocycles. The lowest BCUT2D eigenvalue weighted by atomic mass is 9.93. The number of carbonyl (C=O) groups is 1. The number of benzene rings is 1. The van der Waals surface area contributed by atoms with Crippen LogP contribution in [0.1, 0.15) is 34.9 Å². The van der Waals surface area contributed by atoms with Crippen LogP contribution < -0.4 is 5.32 Å². The molecule has 28 heavy (non-hydrogen) atoms. The number of pyridine rings is 1. The second kappa shape index (κ2) is 8.13. The minimum atomic E-state index is -0.00503. The lowest BCUT2D eigenvalue weighted by Crippen LogP contribution is -2.27. The van der Waals surface area contributed by atoms with Crippen LogP contribution in [0.2, 0.25) is 0 Å². The molecule has 0 aliphatic heterocycles. The van der Waals surface area contributed by atoms with Crippen LogP contribution in [0.5, 0.6) is 0 Å². The third kappa shape index (κ3) is 3.83. The van der Waals surface area contributed by atoms with E-state index in [-0.39, 0.29) is 11.8 Å². The second-order valence-corrected chi connectivity index (χ2v) is 6.93. The Hall–Kier alpha value is -3.34.